The molecule has 0 aliphatic carbocycles. The Hall–Kier alpha value is -2.88. The van der Waals surface area contributed by atoms with Crippen LogP contribution < -0.4 is 11.3 Å². The van der Waals surface area contributed by atoms with Gasteiger partial charge in [0.2, 0.25) is 11.8 Å². The first-order valence-electron chi connectivity index (χ1n) is 10.5. The lowest BCUT2D eigenvalue weighted by Gasteiger charge is -2.31. The summed E-state index contributed by atoms with van der Waals surface area (Å²) in [6.45, 7) is 5.34. The van der Waals surface area contributed by atoms with Gasteiger partial charge in [0.15, 0.2) is 5.16 Å². The van der Waals surface area contributed by atoms with Gasteiger partial charge in [0.1, 0.15) is 0 Å². The van der Waals surface area contributed by atoms with Crippen molar-refractivity contribution in [2.45, 2.75) is 38.4 Å². The number of hydrogen-bond acceptors (Lipinski definition) is 7. The van der Waals surface area contributed by atoms with Crippen molar-refractivity contribution in [1.82, 2.24) is 14.5 Å². The second-order valence-electron chi connectivity index (χ2n) is 8.30. The zero-order chi connectivity index (χ0) is 23.4. The Bertz CT molecular complexity index is 1100. The van der Waals surface area contributed by atoms with Crippen LogP contribution in [0.4, 0.5) is 0 Å². The Morgan fingerprint density at radius 3 is 2.72 bits per heavy atom. The highest BCUT2D eigenvalue weighted by Crippen LogP contribution is 2.22. The summed E-state index contributed by atoms with van der Waals surface area (Å²) in [7, 11) is 1.29. The molecule has 1 aliphatic rings. The van der Waals surface area contributed by atoms with Gasteiger partial charge < -0.3 is 15.4 Å². The zero-order valence-corrected chi connectivity index (χ0v) is 19.3. The molecule has 2 amide bonds. The van der Waals surface area contributed by atoms with Crippen LogP contribution in [0.3, 0.4) is 0 Å². The number of ether oxygens (including phenoxy) is 1. The number of thioether (sulfide) groups is 1. The van der Waals surface area contributed by atoms with Gasteiger partial charge >= 0.3 is 5.97 Å². The summed E-state index contributed by atoms with van der Waals surface area (Å²) in [4.78, 5) is 55.6. The van der Waals surface area contributed by atoms with Crippen LogP contribution in [0, 0.1) is 11.8 Å². The lowest BCUT2D eigenvalue weighted by Crippen LogP contribution is -2.44. The van der Waals surface area contributed by atoms with Crippen molar-refractivity contribution in [3.63, 3.8) is 0 Å². The van der Waals surface area contributed by atoms with Gasteiger partial charge in [0.25, 0.3) is 5.56 Å². The first kappa shape index (κ1) is 23.8. The molecule has 32 heavy (non-hydrogen) atoms. The molecule has 2 aromatic rings. The molecule has 1 fully saturated rings. The topological polar surface area (TPSA) is 125 Å². The highest BCUT2D eigenvalue weighted by Gasteiger charge is 2.27. The van der Waals surface area contributed by atoms with Crippen LogP contribution >= 0.6 is 11.8 Å². The Balaban J connectivity index is 1.89. The first-order valence-corrected chi connectivity index (χ1v) is 11.5. The van der Waals surface area contributed by atoms with Crippen LogP contribution in [-0.2, 0) is 20.9 Å². The molecule has 172 valence electrons. The van der Waals surface area contributed by atoms with Crippen LogP contribution in [0.5, 0.6) is 0 Å². The van der Waals surface area contributed by atoms with E-state index in [1.165, 1.54) is 24.9 Å². The average molecular weight is 461 g/mol. The van der Waals surface area contributed by atoms with Crippen molar-refractivity contribution >= 4 is 40.4 Å². The molecule has 0 spiro atoms. The molecule has 3 rings (SSSR count). The fraction of sp³-hybridized carbons (Fsp3) is 0.500. The van der Waals surface area contributed by atoms with Crippen molar-refractivity contribution in [3.05, 3.63) is 34.1 Å². The van der Waals surface area contributed by atoms with Crippen molar-refractivity contribution in [2.24, 2.45) is 17.6 Å². The van der Waals surface area contributed by atoms with E-state index in [1.54, 1.807) is 21.6 Å². The van der Waals surface area contributed by atoms with Crippen LogP contribution in [0.1, 0.15) is 37.0 Å². The van der Waals surface area contributed by atoms with E-state index in [0.29, 0.717) is 47.7 Å². The van der Waals surface area contributed by atoms with E-state index in [1.807, 2.05) is 13.8 Å². The maximum atomic E-state index is 13.1. The van der Waals surface area contributed by atoms with Crippen LogP contribution in [0.15, 0.2) is 28.2 Å². The predicted octanol–water partition coefficient (Wildman–Crippen LogP) is 1.66. The number of likely N-dealkylation sites (tertiary alicyclic amines) is 1. The summed E-state index contributed by atoms with van der Waals surface area (Å²) in [5, 5.41) is 0.810. The van der Waals surface area contributed by atoms with E-state index >= 15 is 0 Å². The van der Waals surface area contributed by atoms with Crippen molar-refractivity contribution in [2.75, 3.05) is 26.0 Å². The highest BCUT2D eigenvalue weighted by atomic mass is 32.2. The Kier molecular flexibility index (Phi) is 7.55. The number of hydrogen-bond donors (Lipinski definition) is 1. The number of fused-ring (bicyclic) bond motifs is 1. The molecule has 0 radical (unpaired) electrons. The van der Waals surface area contributed by atoms with Gasteiger partial charge in [-0.1, -0.05) is 25.6 Å². The van der Waals surface area contributed by atoms with Crippen molar-refractivity contribution < 1.29 is 19.1 Å². The minimum Gasteiger partial charge on any atom is -0.465 e. The summed E-state index contributed by atoms with van der Waals surface area (Å²) in [6.07, 6.45) is 1.42. The van der Waals surface area contributed by atoms with Gasteiger partial charge in [-0.2, -0.15) is 0 Å². The highest BCUT2D eigenvalue weighted by molar-refractivity contribution is 7.99. The van der Waals surface area contributed by atoms with Crippen LogP contribution in [0.2, 0.25) is 0 Å². The standard InChI is InChI=1S/C22H28N4O5S/c1-13(2)10-26-20(29)16-7-6-14(21(30)31-3)9-17(16)24-22(26)32-12-18(27)25-8-4-5-15(11-25)19(23)28/h6-7,9,13,15H,4-5,8,10-12H2,1-3H3,(H2,23,28)/t15-/m0/s1. The van der Waals surface area contributed by atoms with E-state index in [2.05, 4.69) is 4.98 Å². The van der Waals surface area contributed by atoms with Crippen LogP contribution in [0.25, 0.3) is 10.9 Å². The molecule has 0 unspecified atom stereocenters. The summed E-state index contributed by atoms with van der Waals surface area (Å²) in [6, 6.07) is 4.64. The normalized spacial score (nSPS) is 16.4. The molecule has 10 heteroatoms. The molecular weight excluding hydrogens is 432 g/mol. The molecule has 9 nitrogen and oxygen atoms in total. The van der Waals surface area contributed by atoms with E-state index in [0.717, 1.165) is 6.42 Å². The number of carbonyl (C=O) groups is 3. The fourth-order valence-electron chi connectivity index (χ4n) is 3.74. The third-order valence-corrected chi connectivity index (χ3v) is 6.35. The molecule has 1 atom stereocenters. The molecule has 1 aromatic carbocycles. The maximum Gasteiger partial charge on any atom is 0.337 e. The van der Waals surface area contributed by atoms with Gasteiger partial charge in [-0.05, 0) is 37.0 Å². The quantitative estimate of drug-likeness (QED) is 0.378. The van der Waals surface area contributed by atoms with E-state index in [-0.39, 0.29) is 29.1 Å². The number of nitrogens with two attached hydrogens (primary N) is 1. The summed E-state index contributed by atoms with van der Waals surface area (Å²) >= 11 is 1.18. The molecule has 1 aromatic heterocycles. The molecule has 1 aliphatic heterocycles. The first-order chi connectivity index (χ1) is 15.2. The smallest absolute Gasteiger partial charge is 0.337 e. The van der Waals surface area contributed by atoms with Gasteiger partial charge in [0, 0.05) is 19.6 Å². The van der Waals surface area contributed by atoms with Gasteiger partial charge in [0.05, 0.1) is 35.2 Å². The molecule has 0 bridgehead atoms. The summed E-state index contributed by atoms with van der Waals surface area (Å²) in [5.74, 6) is -1.09. The van der Waals surface area contributed by atoms with Crippen molar-refractivity contribution in [1.29, 1.82) is 0 Å². The lowest BCUT2D eigenvalue weighted by molar-refractivity contribution is -0.132. The Morgan fingerprint density at radius 2 is 2.06 bits per heavy atom. The lowest BCUT2D eigenvalue weighted by atomic mass is 9.97. The molecular formula is C22H28N4O5S. The number of carbonyl (C=O) groups excluding carboxylic acids is 3. The SMILES string of the molecule is COC(=O)c1ccc2c(=O)n(CC(C)C)c(SCC(=O)N3CCC[C@H](C(N)=O)C3)nc2c1. The van der Waals surface area contributed by atoms with Gasteiger partial charge in [-0.15, -0.1) is 0 Å². The number of methoxy groups -OCH3 is 1. The third kappa shape index (κ3) is 5.29. The second-order valence-corrected chi connectivity index (χ2v) is 9.24. The predicted molar refractivity (Wildman–Crippen MR) is 121 cm³/mol. The van der Waals surface area contributed by atoms with Crippen LogP contribution in [-0.4, -0.2) is 58.2 Å². The molecule has 0 saturated carbocycles. The minimum absolute atomic E-state index is 0.0816. The van der Waals surface area contributed by atoms with Gasteiger partial charge in [-0.25, -0.2) is 9.78 Å². The second kappa shape index (κ2) is 10.2. The number of benzene rings is 1. The number of rotatable bonds is 7. The van der Waals surface area contributed by atoms with E-state index in [9.17, 15) is 19.2 Å². The number of esters is 1. The number of nitrogens with zero attached hydrogens (tertiary/aromatic N) is 3. The summed E-state index contributed by atoms with van der Waals surface area (Å²) < 4.78 is 6.33. The third-order valence-electron chi connectivity index (χ3n) is 5.39. The average Bonchev–Trinajstić information content (AvgIpc) is 2.78. The Labute approximate surface area is 190 Å². The van der Waals surface area contributed by atoms with E-state index in [4.69, 9.17) is 10.5 Å². The molecule has 1 saturated heterocycles. The van der Waals surface area contributed by atoms with Gasteiger partial charge in [-0.3, -0.25) is 19.0 Å². The molecule has 2 heterocycles. The maximum absolute atomic E-state index is 13.1. The number of primary amides is 1. The zero-order valence-electron chi connectivity index (χ0n) is 18.5. The monoisotopic (exact) mass is 460 g/mol. The summed E-state index contributed by atoms with van der Waals surface area (Å²) in [5.41, 5.74) is 5.86. The Morgan fingerprint density at radius 1 is 1.31 bits per heavy atom. The van der Waals surface area contributed by atoms with E-state index < -0.39 is 11.9 Å². The minimum atomic E-state index is -0.515. The fourth-order valence-corrected chi connectivity index (χ4v) is 4.65. The number of aromatic nitrogens is 2. The van der Waals surface area contributed by atoms with Crippen molar-refractivity contribution in [3.8, 4) is 0 Å². The largest absolute Gasteiger partial charge is 0.465 e. The molecule has 2 N–H and O–H groups in total. The number of piperidine rings is 1. The number of amides is 2.